The lowest BCUT2D eigenvalue weighted by Crippen LogP contribution is -2.01. The van der Waals surface area contributed by atoms with Crippen LogP contribution in [0.2, 0.25) is 0 Å². The maximum Gasteiger partial charge on any atom is 0.226 e. The number of fused-ring (bicyclic) bond motifs is 1. The summed E-state index contributed by atoms with van der Waals surface area (Å²) >= 11 is 0. The summed E-state index contributed by atoms with van der Waals surface area (Å²) in [7, 11) is 0. The Morgan fingerprint density at radius 2 is 1.95 bits per heavy atom. The van der Waals surface area contributed by atoms with Crippen molar-refractivity contribution in [3.8, 4) is 23.1 Å². The van der Waals surface area contributed by atoms with Gasteiger partial charge in [-0.1, -0.05) is 18.2 Å². The minimum absolute atomic E-state index is 0.190. The summed E-state index contributed by atoms with van der Waals surface area (Å²) in [6, 6.07) is 15.4. The molecule has 2 N–H and O–H groups in total. The zero-order valence-corrected chi connectivity index (χ0v) is 12.1. The Morgan fingerprint density at radius 3 is 2.73 bits per heavy atom. The number of hydrogen-bond donors (Lipinski definition) is 1. The number of nitrogens with zero attached hydrogens (tertiary/aromatic N) is 3. The van der Waals surface area contributed by atoms with Crippen molar-refractivity contribution in [1.29, 1.82) is 5.26 Å². The van der Waals surface area contributed by atoms with E-state index in [1.54, 1.807) is 6.07 Å². The molecule has 0 aliphatic heterocycles. The summed E-state index contributed by atoms with van der Waals surface area (Å²) in [5.41, 5.74) is 8.99. The van der Waals surface area contributed by atoms with E-state index in [-0.39, 0.29) is 5.95 Å². The fourth-order valence-corrected chi connectivity index (χ4v) is 2.31. The third kappa shape index (κ3) is 2.54. The summed E-state index contributed by atoms with van der Waals surface area (Å²) in [4.78, 5) is 8.37. The molecule has 108 valence electrons. The Bertz CT molecular complexity index is 883. The molecule has 0 aliphatic rings. The third-order valence-electron chi connectivity index (χ3n) is 3.28. The summed E-state index contributed by atoms with van der Waals surface area (Å²) in [6.45, 7) is 2.39. The zero-order valence-electron chi connectivity index (χ0n) is 12.1. The molecule has 0 radical (unpaired) electrons. The van der Waals surface area contributed by atoms with Crippen LogP contribution in [0.3, 0.4) is 0 Å². The Hall–Kier alpha value is -3.13. The Balaban J connectivity index is 2.18. The summed E-state index contributed by atoms with van der Waals surface area (Å²) in [5, 5.41) is 9.82. The van der Waals surface area contributed by atoms with Gasteiger partial charge in [0.1, 0.15) is 0 Å². The van der Waals surface area contributed by atoms with Crippen molar-refractivity contribution < 1.29 is 4.74 Å². The molecular formula is C17H14N4O. The van der Waals surface area contributed by atoms with E-state index in [2.05, 4.69) is 16.0 Å². The monoisotopic (exact) mass is 290 g/mol. The van der Waals surface area contributed by atoms with E-state index in [4.69, 9.17) is 15.7 Å². The van der Waals surface area contributed by atoms with Gasteiger partial charge in [-0.05, 0) is 42.3 Å². The van der Waals surface area contributed by atoms with Crippen LogP contribution in [0.1, 0.15) is 12.5 Å². The van der Waals surface area contributed by atoms with Crippen LogP contribution in [-0.4, -0.2) is 16.6 Å². The first-order valence-electron chi connectivity index (χ1n) is 6.92. The molecule has 3 aromatic rings. The van der Waals surface area contributed by atoms with Crippen molar-refractivity contribution in [2.75, 3.05) is 12.3 Å². The molecule has 0 atom stereocenters. The van der Waals surface area contributed by atoms with E-state index in [0.717, 1.165) is 22.0 Å². The first kappa shape index (κ1) is 13.8. The van der Waals surface area contributed by atoms with E-state index < -0.39 is 0 Å². The topological polar surface area (TPSA) is 84.8 Å². The average molecular weight is 290 g/mol. The number of ether oxygens (including phenoxy) is 1. The molecule has 0 saturated heterocycles. The fraction of sp³-hybridized carbons (Fsp3) is 0.118. The smallest absolute Gasteiger partial charge is 0.226 e. The van der Waals surface area contributed by atoms with Crippen LogP contribution in [0.25, 0.3) is 22.0 Å². The van der Waals surface area contributed by atoms with Crippen molar-refractivity contribution in [3.63, 3.8) is 0 Å². The van der Waals surface area contributed by atoms with E-state index in [0.29, 0.717) is 18.1 Å². The number of hydrogen-bond acceptors (Lipinski definition) is 5. The maximum atomic E-state index is 9.02. The van der Waals surface area contributed by atoms with Gasteiger partial charge < -0.3 is 10.5 Å². The number of aromatic nitrogens is 2. The molecule has 0 bridgehead atoms. The highest BCUT2D eigenvalue weighted by Gasteiger charge is 2.09. The molecule has 1 aromatic heterocycles. The van der Waals surface area contributed by atoms with E-state index in [9.17, 15) is 0 Å². The molecule has 1 heterocycles. The van der Waals surface area contributed by atoms with Crippen LogP contribution in [0.4, 0.5) is 5.95 Å². The molecule has 2 aromatic carbocycles. The molecule has 22 heavy (non-hydrogen) atoms. The molecule has 0 amide bonds. The van der Waals surface area contributed by atoms with Gasteiger partial charge in [0.2, 0.25) is 11.8 Å². The van der Waals surface area contributed by atoms with Gasteiger partial charge in [0.25, 0.3) is 0 Å². The Morgan fingerprint density at radius 1 is 1.14 bits per heavy atom. The van der Waals surface area contributed by atoms with Crippen molar-refractivity contribution in [2.45, 2.75) is 6.92 Å². The molecule has 0 unspecified atom stereocenters. The van der Waals surface area contributed by atoms with Gasteiger partial charge >= 0.3 is 0 Å². The van der Waals surface area contributed by atoms with Crippen molar-refractivity contribution in [1.82, 2.24) is 9.97 Å². The number of benzene rings is 2. The number of nitrogens with two attached hydrogens (primary N) is 1. The highest BCUT2D eigenvalue weighted by molar-refractivity contribution is 5.89. The lowest BCUT2D eigenvalue weighted by molar-refractivity contribution is 0.331. The lowest BCUT2D eigenvalue weighted by atomic mass is 10.0. The second-order valence-corrected chi connectivity index (χ2v) is 4.74. The van der Waals surface area contributed by atoms with Crippen molar-refractivity contribution >= 4 is 16.9 Å². The van der Waals surface area contributed by atoms with Gasteiger partial charge in [0.05, 0.1) is 29.1 Å². The number of anilines is 1. The number of nitrogen functional groups attached to an aromatic ring is 1. The first-order chi connectivity index (χ1) is 10.7. The molecule has 5 heteroatoms. The van der Waals surface area contributed by atoms with Crippen LogP contribution in [-0.2, 0) is 0 Å². The van der Waals surface area contributed by atoms with Crippen LogP contribution in [0.5, 0.6) is 5.88 Å². The fourth-order valence-electron chi connectivity index (χ4n) is 2.31. The summed E-state index contributed by atoms with van der Waals surface area (Å²) in [6.07, 6.45) is 0. The lowest BCUT2D eigenvalue weighted by Gasteiger charge is -2.09. The van der Waals surface area contributed by atoms with Gasteiger partial charge in [-0.15, -0.1) is 0 Å². The number of nitriles is 1. The van der Waals surface area contributed by atoms with E-state index >= 15 is 0 Å². The second kappa shape index (κ2) is 5.70. The summed E-state index contributed by atoms with van der Waals surface area (Å²) < 4.78 is 5.55. The number of rotatable bonds is 3. The Labute approximate surface area is 128 Å². The van der Waals surface area contributed by atoms with Gasteiger partial charge in [-0.25, -0.2) is 4.98 Å². The highest BCUT2D eigenvalue weighted by atomic mass is 16.5. The predicted molar refractivity (Wildman–Crippen MR) is 85.3 cm³/mol. The van der Waals surface area contributed by atoms with Crippen LogP contribution in [0.15, 0.2) is 42.5 Å². The second-order valence-electron chi connectivity index (χ2n) is 4.74. The SMILES string of the molecule is CCOc1nc(N)nc2ccc(-c3cccc(C#N)c3)cc12. The van der Waals surface area contributed by atoms with Crippen molar-refractivity contribution in [2.24, 2.45) is 0 Å². The first-order valence-corrected chi connectivity index (χ1v) is 6.92. The predicted octanol–water partition coefficient (Wildman–Crippen LogP) is 3.15. The summed E-state index contributed by atoms with van der Waals surface area (Å²) in [5.74, 6) is 0.665. The van der Waals surface area contributed by atoms with Crippen LogP contribution in [0, 0.1) is 11.3 Å². The largest absolute Gasteiger partial charge is 0.477 e. The third-order valence-corrected chi connectivity index (χ3v) is 3.28. The van der Waals surface area contributed by atoms with Crippen LogP contribution < -0.4 is 10.5 Å². The minimum Gasteiger partial charge on any atom is -0.477 e. The Kier molecular flexibility index (Phi) is 3.58. The van der Waals surface area contributed by atoms with Crippen molar-refractivity contribution in [3.05, 3.63) is 48.0 Å². The van der Waals surface area contributed by atoms with Gasteiger partial charge in [0, 0.05) is 0 Å². The minimum atomic E-state index is 0.190. The molecule has 0 aliphatic carbocycles. The van der Waals surface area contributed by atoms with Gasteiger partial charge in [-0.2, -0.15) is 10.2 Å². The molecular weight excluding hydrogens is 276 g/mol. The molecule has 3 rings (SSSR count). The van der Waals surface area contributed by atoms with Gasteiger partial charge in [0.15, 0.2) is 0 Å². The van der Waals surface area contributed by atoms with Crippen LogP contribution >= 0.6 is 0 Å². The zero-order chi connectivity index (χ0) is 15.5. The van der Waals surface area contributed by atoms with Gasteiger partial charge in [-0.3, -0.25) is 0 Å². The highest BCUT2D eigenvalue weighted by Crippen LogP contribution is 2.29. The normalized spacial score (nSPS) is 10.4. The average Bonchev–Trinajstić information content (AvgIpc) is 2.55. The van der Waals surface area contributed by atoms with E-state index in [1.165, 1.54) is 0 Å². The molecule has 0 spiro atoms. The van der Waals surface area contributed by atoms with E-state index in [1.807, 2.05) is 43.3 Å². The molecule has 0 saturated carbocycles. The maximum absolute atomic E-state index is 9.02. The quantitative estimate of drug-likeness (QED) is 0.801. The molecule has 5 nitrogen and oxygen atoms in total. The molecule has 0 fully saturated rings. The standard InChI is InChI=1S/C17H14N4O/c1-2-22-16-14-9-13(6-7-15(14)20-17(19)21-16)12-5-3-4-11(8-12)10-18/h3-9H,2H2,1H3,(H2,19,20,21).